The average Bonchev–Trinajstić information content (AvgIpc) is 2.93. The van der Waals surface area contributed by atoms with Crippen molar-refractivity contribution in [1.82, 2.24) is 0 Å². The molecule has 1 aliphatic heterocycles. The highest BCUT2D eigenvalue weighted by Crippen LogP contribution is 2.40. The smallest absolute Gasteiger partial charge is 0.303 e. The van der Waals surface area contributed by atoms with Gasteiger partial charge in [0.1, 0.15) is 5.75 Å². The lowest BCUT2D eigenvalue weighted by molar-refractivity contribution is -0.204. The molecule has 5 rings (SSSR count). The van der Waals surface area contributed by atoms with E-state index in [1.54, 1.807) is 6.07 Å². The van der Waals surface area contributed by atoms with Gasteiger partial charge in [-0.05, 0) is 52.4 Å². The second-order valence-electron chi connectivity index (χ2n) is 9.35. The van der Waals surface area contributed by atoms with E-state index in [4.69, 9.17) is 14.6 Å². The Morgan fingerprint density at radius 2 is 1.57 bits per heavy atom. The number of allylic oxidation sites excluding steroid dienone is 2. The summed E-state index contributed by atoms with van der Waals surface area (Å²) in [6, 6.07) is 28.1. The Balaban J connectivity index is 1.44. The molecule has 0 unspecified atom stereocenters. The molecule has 1 fully saturated rings. The van der Waals surface area contributed by atoms with Crippen molar-refractivity contribution < 1.29 is 24.5 Å². The van der Waals surface area contributed by atoms with Crippen LogP contribution in [0.4, 0.5) is 0 Å². The summed E-state index contributed by atoms with van der Waals surface area (Å²) in [6.45, 7) is 1.12. The van der Waals surface area contributed by atoms with E-state index in [2.05, 4.69) is 36.4 Å². The number of phenolic OH excluding ortho intramolecular Hbond substituents is 1. The van der Waals surface area contributed by atoms with Crippen molar-refractivity contribution in [3.63, 3.8) is 0 Å². The molecule has 4 aromatic carbocycles. The highest BCUT2D eigenvalue weighted by molar-refractivity contribution is 5.98. The number of ether oxygens (including phenoxy) is 2. The number of carboxylic acids is 1. The van der Waals surface area contributed by atoms with Gasteiger partial charge in [-0.15, -0.1) is 0 Å². The standard InChI is InChI=1S/C32H30O5/c33-30-15-7-6-13-26(30)24-17-18-28(29(19-24)27-14-8-11-23-10-4-5-12-25(23)27)32-36-20-22(21-37-32)9-2-1-3-16-31(34)35/h1-2,4-8,10-15,17-19,22,32-33H,3,9,16,20-21H2,(H,34,35)/b2-1-. The van der Waals surface area contributed by atoms with Crippen molar-refractivity contribution in [3.8, 4) is 28.0 Å². The number of aliphatic carboxylic acids is 1. The number of benzene rings is 4. The summed E-state index contributed by atoms with van der Waals surface area (Å²) in [5, 5.41) is 21.6. The normalized spacial score (nSPS) is 17.8. The highest BCUT2D eigenvalue weighted by Gasteiger charge is 2.26. The third-order valence-corrected chi connectivity index (χ3v) is 6.73. The van der Waals surface area contributed by atoms with E-state index in [0.29, 0.717) is 19.6 Å². The summed E-state index contributed by atoms with van der Waals surface area (Å²) in [4.78, 5) is 10.7. The van der Waals surface area contributed by atoms with Gasteiger partial charge in [-0.1, -0.05) is 84.9 Å². The van der Waals surface area contributed by atoms with E-state index in [9.17, 15) is 9.90 Å². The minimum atomic E-state index is -0.785. The van der Waals surface area contributed by atoms with Crippen LogP contribution >= 0.6 is 0 Å². The second kappa shape index (κ2) is 11.4. The van der Waals surface area contributed by atoms with Gasteiger partial charge in [-0.2, -0.15) is 0 Å². The Morgan fingerprint density at radius 1 is 0.838 bits per heavy atom. The first-order valence-electron chi connectivity index (χ1n) is 12.6. The van der Waals surface area contributed by atoms with Gasteiger partial charge in [-0.3, -0.25) is 4.79 Å². The molecule has 1 saturated heterocycles. The maximum atomic E-state index is 10.7. The molecule has 1 heterocycles. The first-order valence-corrected chi connectivity index (χ1v) is 12.6. The molecule has 37 heavy (non-hydrogen) atoms. The van der Waals surface area contributed by atoms with Crippen molar-refractivity contribution in [1.29, 1.82) is 0 Å². The molecule has 0 bridgehead atoms. The number of fused-ring (bicyclic) bond motifs is 1. The summed E-state index contributed by atoms with van der Waals surface area (Å²) in [5.41, 5.74) is 4.74. The van der Waals surface area contributed by atoms with Gasteiger partial charge in [0, 0.05) is 23.5 Å². The first-order chi connectivity index (χ1) is 18.1. The van der Waals surface area contributed by atoms with Crippen LogP contribution in [0, 0.1) is 5.92 Å². The lowest BCUT2D eigenvalue weighted by Crippen LogP contribution is -2.27. The number of aromatic hydroxyl groups is 1. The predicted octanol–water partition coefficient (Wildman–Crippen LogP) is 7.35. The molecule has 0 spiro atoms. The zero-order valence-corrected chi connectivity index (χ0v) is 20.5. The lowest BCUT2D eigenvalue weighted by atomic mass is 9.91. The van der Waals surface area contributed by atoms with Crippen molar-refractivity contribution in [2.45, 2.75) is 25.6 Å². The molecule has 5 heteroatoms. The van der Waals surface area contributed by atoms with Crippen molar-refractivity contribution in [2.75, 3.05) is 13.2 Å². The van der Waals surface area contributed by atoms with Gasteiger partial charge in [0.25, 0.3) is 0 Å². The number of phenols is 1. The predicted molar refractivity (Wildman–Crippen MR) is 145 cm³/mol. The van der Waals surface area contributed by atoms with Crippen molar-refractivity contribution in [2.24, 2.45) is 5.92 Å². The molecule has 188 valence electrons. The van der Waals surface area contributed by atoms with Crippen LogP contribution in [0.1, 0.15) is 31.1 Å². The molecule has 0 aliphatic carbocycles. The Labute approximate surface area is 216 Å². The number of hydrogen-bond acceptors (Lipinski definition) is 4. The maximum absolute atomic E-state index is 10.7. The van der Waals surface area contributed by atoms with Gasteiger partial charge in [-0.25, -0.2) is 0 Å². The van der Waals surface area contributed by atoms with Crippen molar-refractivity contribution >= 4 is 16.7 Å². The van der Waals surface area contributed by atoms with Crippen LogP contribution in [0.5, 0.6) is 5.75 Å². The number of carbonyl (C=O) groups is 1. The van der Waals surface area contributed by atoms with Gasteiger partial charge in [0.15, 0.2) is 6.29 Å². The number of hydrogen-bond donors (Lipinski definition) is 2. The van der Waals surface area contributed by atoms with Gasteiger partial charge < -0.3 is 19.7 Å². The summed E-state index contributed by atoms with van der Waals surface area (Å²) in [5.74, 6) is -0.324. The molecular formula is C32H30O5. The molecule has 0 atom stereocenters. The zero-order valence-electron chi connectivity index (χ0n) is 20.5. The Kier molecular flexibility index (Phi) is 7.64. The summed E-state index contributed by atoms with van der Waals surface area (Å²) in [7, 11) is 0. The fraction of sp³-hybridized carbons (Fsp3) is 0.219. The summed E-state index contributed by atoms with van der Waals surface area (Å²) >= 11 is 0. The first kappa shape index (κ1) is 24.8. The largest absolute Gasteiger partial charge is 0.507 e. The van der Waals surface area contributed by atoms with E-state index < -0.39 is 12.3 Å². The molecule has 5 nitrogen and oxygen atoms in total. The quantitative estimate of drug-likeness (QED) is 0.250. The van der Waals surface area contributed by atoms with Crippen LogP contribution in [0.15, 0.2) is 97.1 Å². The van der Waals surface area contributed by atoms with Crippen LogP contribution < -0.4 is 0 Å². The van der Waals surface area contributed by atoms with Crippen LogP contribution in [-0.2, 0) is 14.3 Å². The van der Waals surface area contributed by atoms with Gasteiger partial charge in [0.2, 0.25) is 0 Å². The zero-order chi connectivity index (χ0) is 25.6. The third-order valence-electron chi connectivity index (χ3n) is 6.73. The van der Waals surface area contributed by atoms with E-state index >= 15 is 0 Å². The Hall–Kier alpha value is -3.93. The molecule has 0 amide bonds. The molecular weight excluding hydrogens is 464 g/mol. The molecule has 0 aromatic heterocycles. The van der Waals surface area contributed by atoms with Crippen LogP contribution in [0.25, 0.3) is 33.0 Å². The van der Waals surface area contributed by atoms with E-state index in [0.717, 1.165) is 45.0 Å². The Bertz CT molecular complexity index is 1410. The van der Waals surface area contributed by atoms with Crippen LogP contribution in [0.2, 0.25) is 0 Å². The van der Waals surface area contributed by atoms with E-state index in [1.165, 1.54) is 0 Å². The van der Waals surface area contributed by atoms with Crippen LogP contribution in [0.3, 0.4) is 0 Å². The van der Waals surface area contributed by atoms with Gasteiger partial charge >= 0.3 is 5.97 Å². The summed E-state index contributed by atoms with van der Waals surface area (Å²) < 4.78 is 12.4. The third kappa shape index (κ3) is 5.74. The highest BCUT2D eigenvalue weighted by atomic mass is 16.7. The lowest BCUT2D eigenvalue weighted by Gasteiger charge is -2.30. The number of para-hydroxylation sites is 1. The SMILES string of the molecule is O=C(O)CC/C=C\CC1COC(c2ccc(-c3ccccc3O)cc2-c2cccc3ccccc23)OC1. The fourth-order valence-electron chi connectivity index (χ4n) is 4.81. The van der Waals surface area contributed by atoms with Gasteiger partial charge in [0.05, 0.1) is 13.2 Å². The fourth-order valence-corrected chi connectivity index (χ4v) is 4.81. The monoisotopic (exact) mass is 494 g/mol. The number of carboxylic acid groups (broad SMARTS) is 1. The average molecular weight is 495 g/mol. The minimum absolute atomic E-state index is 0.143. The maximum Gasteiger partial charge on any atom is 0.303 e. The summed E-state index contributed by atoms with van der Waals surface area (Å²) in [6.07, 6.45) is 4.89. The van der Waals surface area contributed by atoms with E-state index in [-0.39, 0.29) is 18.1 Å². The molecule has 0 radical (unpaired) electrons. The molecule has 0 saturated carbocycles. The molecule has 4 aromatic rings. The van der Waals surface area contributed by atoms with E-state index in [1.807, 2.05) is 54.6 Å². The topological polar surface area (TPSA) is 76.0 Å². The molecule has 2 N–H and O–H groups in total. The minimum Gasteiger partial charge on any atom is -0.507 e. The van der Waals surface area contributed by atoms with Crippen molar-refractivity contribution in [3.05, 3.63) is 103 Å². The Morgan fingerprint density at radius 3 is 2.38 bits per heavy atom. The molecule has 1 aliphatic rings. The second-order valence-corrected chi connectivity index (χ2v) is 9.35. The van der Waals surface area contributed by atoms with Crippen LogP contribution in [-0.4, -0.2) is 29.4 Å². The number of rotatable bonds is 8.